The maximum atomic E-state index is 12.3. The molecule has 0 spiro atoms. The number of carbonyl (C=O) groups excluding carboxylic acids is 2. The van der Waals surface area contributed by atoms with Crippen LogP contribution in [0.15, 0.2) is 53.5 Å². The monoisotopic (exact) mass is 368 g/mol. The number of hydrogen-bond acceptors (Lipinski definition) is 4. The van der Waals surface area contributed by atoms with E-state index >= 15 is 0 Å². The highest BCUT2D eigenvalue weighted by Gasteiger charge is 2.13. The fraction of sp³-hybridized carbons (Fsp3) is 0.250. The summed E-state index contributed by atoms with van der Waals surface area (Å²) in [5.41, 5.74) is 12.1. The molecule has 2 aromatic rings. The Kier molecular flexibility index (Phi) is 6.93. The van der Waals surface area contributed by atoms with E-state index in [2.05, 4.69) is 11.9 Å². The lowest BCUT2D eigenvalue weighted by Gasteiger charge is -2.16. The van der Waals surface area contributed by atoms with E-state index in [0.29, 0.717) is 29.1 Å². The molecule has 4 N–H and O–H groups in total. The minimum Gasteiger partial charge on any atom is -0.423 e. The van der Waals surface area contributed by atoms with Crippen LogP contribution in [-0.2, 0) is 0 Å². The van der Waals surface area contributed by atoms with Gasteiger partial charge < -0.3 is 21.1 Å². The first-order valence-electron chi connectivity index (χ1n) is 8.68. The number of rotatable bonds is 7. The molecule has 2 aromatic carbocycles. The number of benzene rings is 2. The summed E-state index contributed by atoms with van der Waals surface area (Å²) in [4.78, 5) is 30.1. The van der Waals surface area contributed by atoms with Gasteiger partial charge in [0.2, 0.25) is 0 Å². The van der Waals surface area contributed by atoms with Crippen molar-refractivity contribution in [3.63, 3.8) is 0 Å². The Morgan fingerprint density at radius 2 is 1.59 bits per heavy atom. The first kappa shape index (κ1) is 20.0. The summed E-state index contributed by atoms with van der Waals surface area (Å²) < 4.78 is 5.33. The summed E-state index contributed by atoms with van der Waals surface area (Å²) in [5.74, 6) is -0.261. The number of ether oxygens (including phenoxy) is 1. The topological polar surface area (TPSA) is 111 Å². The van der Waals surface area contributed by atoms with Crippen molar-refractivity contribution < 1.29 is 14.3 Å². The molecule has 0 bridgehead atoms. The number of esters is 1. The Hall–Kier alpha value is -3.35. The van der Waals surface area contributed by atoms with E-state index in [0.717, 1.165) is 12.8 Å². The maximum absolute atomic E-state index is 12.3. The Morgan fingerprint density at radius 3 is 2.15 bits per heavy atom. The molecule has 0 saturated heterocycles. The summed E-state index contributed by atoms with van der Waals surface area (Å²) in [5, 5.41) is 0. The standard InChI is InChI=1S/C20H24N4O3/c1-3-4-13-24(2)18(25)14-7-11-17(12-8-14)27-19(26)15-5-9-16(10-6-15)23-20(21)22/h5-12H,3-4,13H2,1-2H3,(H4,21,22,23). The lowest BCUT2D eigenvalue weighted by molar-refractivity contribution is 0.0734. The number of nitrogens with two attached hydrogens (primary N) is 2. The van der Waals surface area contributed by atoms with E-state index in [9.17, 15) is 9.59 Å². The molecule has 27 heavy (non-hydrogen) atoms. The van der Waals surface area contributed by atoms with Crippen molar-refractivity contribution in [1.29, 1.82) is 0 Å². The van der Waals surface area contributed by atoms with Gasteiger partial charge >= 0.3 is 5.97 Å². The molecule has 0 aliphatic carbocycles. The number of unbranched alkanes of at least 4 members (excludes halogenated alkanes) is 1. The van der Waals surface area contributed by atoms with Gasteiger partial charge in [0.15, 0.2) is 5.96 Å². The van der Waals surface area contributed by atoms with Crippen LogP contribution in [0.25, 0.3) is 0 Å². The van der Waals surface area contributed by atoms with Crippen molar-refractivity contribution in [2.45, 2.75) is 19.8 Å². The Labute approximate surface area is 158 Å². The predicted octanol–water partition coefficient (Wildman–Crippen LogP) is 2.68. The van der Waals surface area contributed by atoms with Crippen LogP contribution >= 0.6 is 0 Å². The lowest BCUT2D eigenvalue weighted by atomic mass is 10.2. The van der Waals surface area contributed by atoms with Crippen LogP contribution in [0, 0.1) is 0 Å². The number of carbonyl (C=O) groups is 2. The van der Waals surface area contributed by atoms with Gasteiger partial charge in [0.05, 0.1) is 11.3 Å². The molecular formula is C20H24N4O3. The largest absolute Gasteiger partial charge is 0.423 e. The van der Waals surface area contributed by atoms with Crippen LogP contribution in [0.3, 0.4) is 0 Å². The first-order valence-corrected chi connectivity index (χ1v) is 8.68. The Morgan fingerprint density at radius 1 is 1.00 bits per heavy atom. The van der Waals surface area contributed by atoms with Crippen LogP contribution in [-0.4, -0.2) is 36.3 Å². The van der Waals surface area contributed by atoms with Crippen molar-refractivity contribution in [2.75, 3.05) is 13.6 Å². The van der Waals surface area contributed by atoms with Gasteiger partial charge in [0.1, 0.15) is 5.75 Å². The van der Waals surface area contributed by atoms with Crippen molar-refractivity contribution >= 4 is 23.5 Å². The van der Waals surface area contributed by atoms with Gasteiger partial charge in [-0.05, 0) is 55.0 Å². The number of guanidine groups is 1. The van der Waals surface area contributed by atoms with E-state index in [1.54, 1.807) is 60.5 Å². The molecular weight excluding hydrogens is 344 g/mol. The van der Waals surface area contributed by atoms with Gasteiger partial charge in [-0.25, -0.2) is 9.79 Å². The SMILES string of the molecule is CCCCN(C)C(=O)c1ccc(OC(=O)c2ccc(N=C(N)N)cc2)cc1. The molecule has 0 unspecified atom stereocenters. The van der Waals surface area contributed by atoms with Crippen LogP contribution in [0.4, 0.5) is 5.69 Å². The fourth-order valence-electron chi connectivity index (χ4n) is 2.37. The normalized spacial score (nSPS) is 10.1. The minimum atomic E-state index is -0.509. The third-order valence-electron chi connectivity index (χ3n) is 3.87. The molecule has 7 heteroatoms. The molecule has 7 nitrogen and oxygen atoms in total. The van der Waals surface area contributed by atoms with Crippen molar-refractivity contribution in [1.82, 2.24) is 4.90 Å². The summed E-state index contributed by atoms with van der Waals surface area (Å²) >= 11 is 0. The summed E-state index contributed by atoms with van der Waals surface area (Å²) in [6.45, 7) is 2.79. The zero-order valence-electron chi connectivity index (χ0n) is 15.5. The van der Waals surface area contributed by atoms with E-state index < -0.39 is 5.97 Å². The van der Waals surface area contributed by atoms with Gasteiger partial charge in [-0.2, -0.15) is 0 Å². The predicted molar refractivity (Wildman–Crippen MR) is 105 cm³/mol. The summed E-state index contributed by atoms with van der Waals surface area (Å²) in [6, 6.07) is 12.9. The summed E-state index contributed by atoms with van der Waals surface area (Å²) in [7, 11) is 1.78. The van der Waals surface area contributed by atoms with Crippen LogP contribution < -0.4 is 16.2 Å². The van der Waals surface area contributed by atoms with Gasteiger partial charge in [-0.15, -0.1) is 0 Å². The molecule has 2 rings (SSSR count). The van der Waals surface area contributed by atoms with Crippen molar-refractivity contribution in [3.8, 4) is 5.75 Å². The van der Waals surface area contributed by atoms with Gasteiger partial charge in [-0.3, -0.25) is 4.79 Å². The molecule has 142 valence electrons. The Bertz CT molecular complexity index is 810. The van der Waals surface area contributed by atoms with E-state index in [1.807, 2.05) is 0 Å². The highest BCUT2D eigenvalue weighted by Crippen LogP contribution is 2.17. The van der Waals surface area contributed by atoms with Crippen molar-refractivity contribution in [2.24, 2.45) is 16.5 Å². The second-order valence-electron chi connectivity index (χ2n) is 6.08. The molecule has 0 radical (unpaired) electrons. The smallest absolute Gasteiger partial charge is 0.343 e. The summed E-state index contributed by atoms with van der Waals surface area (Å²) in [6.07, 6.45) is 1.99. The molecule has 0 aliphatic heterocycles. The first-order chi connectivity index (χ1) is 12.9. The van der Waals surface area contributed by atoms with Gasteiger partial charge in [-0.1, -0.05) is 13.3 Å². The molecule has 0 aliphatic rings. The highest BCUT2D eigenvalue weighted by atomic mass is 16.5. The molecule has 1 amide bonds. The number of hydrogen-bond donors (Lipinski definition) is 2. The average Bonchev–Trinajstić information content (AvgIpc) is 2.66. The van der Waals surface area contributed by atoms with Crippen molar-refractivity contribution in [3.05, 3.63) is 59.7 Å². The second kappa shape index (κ2) is 9.38. The molecule has 0 aromatic heterocycles. The van der Waals surface area contributed by atoms with Crippen LogP contribution in [0.5, 0.6) is 5.75 Å². The fourth-order valence-corrected chi connectivity index (χ4v) is 2.37. The molecule has 0 saturated carbocycles. The van der Waals surface area contributed by atoms with Gasteiger partial charge in [0.25, 0.3) is 5.91 Å². The lowest BCUT2D eigenvalue weighted by Crippen LogP contribution is -2.27. The minimum absolute atomic E-state index is 0.0553. The highest BCUT2D eigenvalue weighted by molar-refractivity contribution is 5.94. The zero-order chi connectivity index (χ0) is 19.8. The zero-order valence-corrected chi connectivity index (χ0v) is 15.5. The molecule has 0 fully saturated rings. The average molecular weight is 368 g/mol. The second-order valence-corrected chi connectivity index (χ2v) is 6.08. The van der Waals surface area contributed by atoms with E-state index in [-0.39, 0.29) is 11.9 Å². The third-order valence-corrected chi connectivity index (χ3v) is 3.87. The van der Waals surface area contributed by atoms with E-state index in [1.165, 1.54) is 0 Å². The Balaban J connectivity index is 2.00. The van der Waals surface area contributed by atoms with E-state index in [4.69, 9.17) is 16.2 Å². The van der Waals surface area contributed by atoms with Crippen LogP contribution in [0.2, 0.25) is 0 Å². The van der Waals surface area contributed by atoms with Gasteiger partial charge in [0, 0.05) is 19.2 Å². The maximum Gasteiger partial charge on any atom is 0.343 e. The number of nitrogens with zero attached hydrogens (tertiary/aromatic N) is 2. The molecule has 0 atom stereocenters. The quantitative estimate of drug-likeness (QED) is 0.338. The number of amides is 1. The third kappa shape index (κ3) is 5.85. The van der Waals surface area contributed by atoms with Crippen LogP contribution in [0.1, 0.15) is 40.5 Å². The number of aliphatic imine (C=N–C) groups is 1. The molecule has 0 heterocycles.